The molecule has 1 aliphatic heterocycles. The monoisotopic (exact) mass is 648 g/mol. The van der Waals surface area contributed by atoms with Crippen LogP contribution in [0.4, 0.5) is 0 Å². The van der Waals surface area contributed by atoms with Gasteiger partial charge in [-0.05, 0) is 66.3 Å². The molecular weight excluding hydrogens is 608 g/mol. The van der Waals surface area contributed by atoms with Gasteiger partial charge in [-0.3, -0.25) is 14.5 Å². The fourth-order valence-corrected chi connectivity index (χ4v) is 6.40. The summed E-state index contributed by atoms with van der Waals surface area (Å²) < 4.78 is 16.3. The molecule has 0 amide bonds. The summed E-state index contributed by atoms with van der Waals surface area (Å²) in [5.41, 5.74) is 5.78. The lowest BCUT2D eigenvalue weighted by Crippen LogP contribution is -2.54. The topological polar surface area (TPSA) is 108 Å². The highest BCUT2D eigenvalue weighted by Gasteiger charge is 2.37. The second kappa shape index (κ2) is 14.6. The lowest BCUT2D eigenvalue weighted by atomic mass is 9.86. The quantitative estimate of drug-likeness (QED) is 0.0444. The number of carbonyl (C=O) groups is 3. The van der Waals surface area contributed by atoms with Crippen molar-refractivity contribution < 1.29 is 33.1 Å². The lowest BCUT2D eigenvalue weighted by Gasteiger charge is -2.39. The maximum absolute atomic E-state index is 13.9. The third-order valence-corrected chi connectivity index (χ3v) is 9.16. The standard InChI is InChI=1S/C39H40N2O7/c1-4-5-20-46-25-33(40-48-38(44)34-11-8-21-47-34)36(42)27-14-12-26(13-15-27)35-30-10-7-6-9-29(30)32-24-28(16-17-31(32)35)37(43)39(2,3)41-18-22-45-23-19-41/h6-17,21,24,35H,4-5,18-20,22-23,25H2,1-3H3/b40-33+. The van der Waals surface area contributed by atoms with Crippen molar-refractivity contribution in [1.82, 2.24) is 4.90 Å². The zero-order chi connectivity index (χ0) is 33.7. The maximum atomic E-state index is 13.9. The zero-order valence-electron chi connectivity index (χ0n) is 27.6. The highest BCUT2D eigenvalue weighted by molar-refractivity contribution is 6.46. The van der Waals surface area contributed by atoms with Crippen molar-refractivity contribution in [2.45, 2.75) is 45.1 Å². The lowest BCUT2D eigenvalue weighted by molar-refractivity contribution is -0.00430. The molecule has 2 heterocycles. The summed E-state index contributed by atoms with van der Waals surface area (Å²) in [6, 6.07) is 24.7. The molecule has 248 valence electrons. The summed E-state index contributed by atoms with van der Waals surface area (Å²) in [6.07, 6.45) is 3.12. The Balaban J connectivity index is 1.25. The minimum Gasteiger partial charge on any atom is -0.457 e. The Morgan fingerprint density at radius 3 is 2.35 bits per heavy atom. The summed E-state index contributed by atoms with van der Waals surface area (Å²) in [7, 11) is 0. The van der Waals surface area contributed by atoms with Crippen molar-refractivity contribution in [3.05, 3.63) is 119 Å². The molecule has 1 atom stereocenters. The molecule has 1 aliphatic carbocycles. The predicted molar refractivity (Wildman–Crippen MR) is 182 cm³/mol. The van der Waals surface area contributed by atoms with Gasteiger partial charge in [-0.1, -0.05) is 79.2 Å². The summed E-state index contributed by atoms with van der Waals surface area (Å²) in [4.78, 5) is 47.0. The number of nitrogens with zero attached hydrogens (tertiary/aromatic N) is 2. The molecular formula is C39H40N2O7. The van der Waals surface area contributed by atoms with Crippen LogP contribution < -0.4 is 0 Å². The molecule has 1 saturated heterocycles. The van der Waals surface area contributed by atoms with E-state index in [0.29, 0.717) is 30.9 Å². The van der Waals surface area contributed by atoms with Gasteiger partial charge in [0.15, 0.2) is 11.5 Å². The first kappa shape index (κ1) is 33.2. The number of furan rings is 1. The molecule has 3 aromatic carbocycles. The largest absolute Gasteiger partial charge is 0.457 e. The molecule has 0 radical (unpaired) electrons. The van der Waals surface area contributed by atoms with E-state index in [2.05, 4.69) is 28.3 Å². The number of fused-ring (bicyclic) bond motifs is 3. The molecule has 9 nitrogen and oxygen atoms in total. The highest BCUT2D eigenvalue weighted by atomic mass is 16.7. The molecule has 1 aromatic heterocycles. The maximum Gasteiger partial charge on any atom is 0.400 e. The van der Waals surface area contributed by atoms with Gasteiger partial charge >= 0.3 is 5.97 Å². The van der Waals surface area contributed by atoms with Gasteiger partial charge in [0.05, 0.1) is 31.6 Å². The minimum atomic E-state index is -0.803. The van der Waals surface area contributed by atoms with E-state index < -0.39 is 17.3 Å². The average molecular weight is 649 g/mol. The van der Waals surface area contributed by atoms with Crippen molar-refractivity contribution in [3.63, 3.8) is 0 Å². The van der Waals surface area contributed by atoms with E-state index in [1.165, 1.54) is 12.3 Å². The number of hydrogen-bond donors (Lipinski definition) is 0. The van der Waals surface area contributed by atoms with Gasteiger partial charge in [0.25, 0.3) is 0 Å². The number of morpholine rings is 1. The molecule has 6 rings (SSSR count). The predicted octanol–water partition coefficient (Wildman–Crippen LogP) is 6.95. The number of ether oxygens (including phenoxy) is 2. The van der Waals surface area contributed by atoms with Gasteiger partial charge in [-0.2, -0.15) is 0 Å². The van der Waals surface area contributed by atoms with E-state index >= 15 is 0 Å². The Morgan fingerprint density at radius 1 is 0.896 bits per heavy atom. The van der Waals surface area contributed by atoms with E-state index in [1.807, 2.05) is 57.2 Å². The minimum absolute atomic E-state index is 0.0174. The molecule has 0 bridgehead atoms. The van der Waals surface area contributed by atoms with Crippen LogP contribution in [0.1, 0.15) is 87.5 Å². The van der Waals surface area contributed by atoms with Crippen LogP contribution in [-0.4, -0.2) is 73.2 Å². The summed E-state index contributed by atoms with van der Waals surface area (Å²) >= 11 is 0. The summed E-state index contributed by atoms with van der Waals surface area (Å²) in [6.45, 7) is 9.08. The van der Waals surface area contributed by atoms with Crippen LogP contribution in [0.2, 0.25) is 0 Å². The van der Waals surface area contributed by atoms with Gasteiger partial charge in [0, 0.05) is 36.7 Å². The fraction of sp³-hybridized carbons (Fsp3) is 0.333. The number of unbranched alkanes of at least 4 members (excludes halogenated alkanes) is 1. The number of ketones is 2. The number of rotatable bonds is 13. The van der Waals surface area contributed by atoms with Gasteiger partial charge < -0.3 is 18.7 Å². The molecule has 0 N–H and O–H groups in total. The third-order valence-electron chi connectivity index (χ3n) is 9.16. The molecule has 0 spiro atoms. The first-order valence-electron chi connectivity index (χ1n) is 16.4. The Bertz CT molecular complexity index is 1800. The molecule has 1 unspecified atom stereocenters. The van der Waals surface area contributed by atoms with Crippen molar-refractivity contribution in [2.75, 3.05) is 39.5 Å². The van der Waals surface area contributed by atoms with Crippen LogP contribution in [0.5, 0.6) is 0 Å². The Kier molecular flexibility index (Phi) is 10.1. The second-order valence-corrected chi connectivity index (χ2v) is 12.6. The third kappa shape index (κ3) is 6.80. The molecule has 48 heavy (non-hydrogen) atoms. The Hall–Kier alpha value is -4.70. The van der Waals surface area contributed by atoms with Crippen molar-refractivity contribution in [2.24, 2.45) is 5.16 Å². The van der Waals surface area contributed by atoms with E-state index in [1.54, 1.807) is 18.2 Å². The number of benzene rings is 3. The summed E-state index contributed by atoms with van der Waals surface area (Å²) in [5.74, 6) is -1.21. The zero-order valence-corrected chi connectivity index (χ0v) is 27.6. The van der Waals surface area contributed by atoms with Crippen molar-refractivity contribution in [1.29, 1.82) is 0 Å². The molecule has 0 saturated carbocycles. The van der Waals surface area contributed by atoms with Crippen LogP contribution in [-0.2, 0) is 14.3 Å². The Labute approximate surface area is 280 Å². The Morgan fingerprint density at radius 2 is 1.62 bits per heavy atom. The van der Waals surface area contributed by atoms with Gasteiger partial charge in [-0.25, -0.2) is 4.79 Å². The first-order valence-corrected chi connectivity index (χ1v) is 16.4. The number of hydrogen-bond acceptors (Lipinski definition) is 9. The van der Waals surface area contributed by atoms with Crippen LogP contribution in [0.15, 0.2) is 94.7 Å². The second-order valence-electron chi connectivity index (χ2n) is 12.6. The van der Waals surface area contributed by atoms with Crippen LogP contribution in [0.3, 0.4) is 0 Å². The molecule has 2 aliphatic rings. The number of oxime groups is 1. The van der Waals surface area contributed by atoms with Crippen molar-refractivity contribution in [3.8, 4) is 11.1 Å². The van der Waals surface area contributed by atoms with Crippen LogP contribution >= 0.6 is 0 Å². The van der Waals surface area contributed by atoms with Crippen LogP contribution in [0.25, 0.3) is 11.1 Å². The van der Waals surface area contributed by atoms with E-state index in [0.717, 1.165) is 53.7 Å². The van der Waals surface area contributed by atoms with E-state index in [9.17, 15) is 14.4 Å². The summed E-state index contributed by atoms with van der Waals surface area (Å²) in [5, 5.41) is 3.88. The van der Waals surface area contributed by atoms with Crippen LogP contribution in [0, 0.1) is 0 Å². The normalized spacial score (nSPS) is 16.3. The molecule has 9 heteroatoms. The fourth-order valence-electron chi connectivity index (χ4n) is 6.40. The number of carbonyl (C=O) groups excluding carboxylic acids is 3. The molecule has 1 fully saturated rings. The smallest absolute Gasteiger partial charge is 0.400 e. The average Bonchev–Trinajstić information content (AvgIpc) is 3.78. The first-order chi connectivity index (χ1) is 23.3. The highest BCUT2D eigenvalue weighted by Crippen LogP contribution is 2.48. The van der Waals surface area contributed by atoms with Gasteiger partial charge in [-0.15, -0.1) is 0 Å². The number of Topliss-reactive ketones (excluding diaryl/α,β-unsaturated/α-hetero) is 2. The SMILES string of the molecule is CCCCOC/C(=N\OC(=O)c1ccco1)C(=O)c1ccc(C2c3ccccc3-c3cc(C(=O)C(C)(C)N4CCOCC4)ccc32)cc1. The molecule has 4 aromatic rings. The van der Waals surface area contributed by atoms with Gasteiger partial charge in [0.2, 0.25) is 11.5 Å². The van der Waals surface area contributed by atoms with E-state index in [-0.39, 0.29) is 29.8 Å². The van der Waals surface area contributed by atoms with E-state index in [4.69, 9.17) is 18.7 Å². The van der Waals surface area contributed by atoms with Gasteiger partial charge in [0.1, 0.15) is 0 Å². The van der Waals surface area contributed by atoms with Crippen molar-refractivity contribution >= 4 is 23.2 Å².